The summed E-state index contributed by atoms with van der Waals surface area (Å²) in [5.74, 6) is 0. The molecule has 0 aromatic rings. The number of rotatable bonds is 0. The van der Waals surface area contributed by atoms with E-state index in [1.807, 2.05) is 44.3 Å². The van der Waals surface area contributed by atoms with Crippen LogP contribution in [0.15, 0.2) is 22.8 Å². The molecular formula is C9H17BrN4. The number of nitrogens with two attached hydrogens (primary N) is 1. The number of halogens is 1. The van der Waals surface area contributed by atoms with E-state index in [0.717, 1.165) is 4.48 Å². The first-order chi connectivity index (χ1) is 6.70. The molecule has 0 amide bonds. The third-order valence-corrected chi connectivity index (χ3v) is 2.81. The van der Waals surface area contributed by atoms with E-state index in [2.05, 4.69) is 26.3 Å². The maximum Gasteiger partial charge on any atom is 0.131 e. The van der Waals surface area contributed by atoms with Crippen LogP contribution in [0.5, 0.6) is 0 Å². The Hall–Kier alpha value is -0.360. The van der Waals surface area contributed by atoms with E-state index in [1.165, 1.54) is 0 Å². The molecule has 5 heteroatoms. The van der Waals surface area contributed by atoms with Crippen LogP contribution in [0.25, 0.3) is 0 Å². The molecule has 2 atom stereocenters. The Morgan fingerprint density at radius 2 is 2.14 bits per heavy atom. The molecular weight excluding hydrogens is 244 g/mol. The molecule has 0 spiro atoms. The first-order valence-electron chi connectivity index (χ1n) is 4.77. The molecule has 4 nitrogen and oxygen atoms in total. The van der Waals surface area contributed by atoms with Gasteiger partial charge in [0.05, 0.1) is 0 Å². The van der Waals surface area contributed by atoms with Gasteiger partial charge >= 0.3 is 0 Å². The Bertz CT molecular complexity index is 251. The van der Waals surface area contributed by atoms with Crippen molar-refractivity contribution in [3.8, 4) is 0 Å². The number of hydrazine groups is 1. The minimum atomic E-state index is -0.112. The second-order valence-electron chi connectivity index (χ2n) is 2.86. The van der Waals surface area contributed by atoms with Crippen molar-refractivity contribution in [2.24, 2.45) is 5.73 Å². The van der Waals surface area contributed by atoms with Gasteiger partial charge in [0.2, 0.25) is 0 Å². The summed E-state index contributed by atoms with van der Waals surface area (Å²) in [4.78, 5) is 0. The van der Waals surface area contributed by atoms with Gasteiger partial charge in [0, 0.05) is 17.7 Å². The van der Waals surface area contributed by atoms with Crippen LogP contribution in [0.1, 0.15) is 13.8 Å². The number of hydrogen-bond donors (Lipinski definition) is 2. The Morgan fingerprint density at radius 1 is 1.50 bits per heavy atom. The van der Waals surface area contributed by atoms with Crippen molar-refractivity contribution in [2.45, 2.75) is 26.3 Å². The zero-order chi connectivity index (χ0) is 10.7. The van der Waals surface area contributed by atoms with Gasteiger partial charge in [0.1, 0.15) is 12.5 Å². The van der Waals surface area contributed by atoms with Crippen LogP contribution in [-0.2, 0) is 0 Å². The summed E-state index contributed by atoms with van der Waals surface area (Å²) in [6, 6.07) is 0. The van der Waals surface area contributed by atoms with Crippen LogP contribution in [0, 0.1) is 0 Å². The van der Waals surface area contributed by atoms with Crippen LogP contribution >= 0.6 is 15.9 Å². The third-order valence-electron chi connectivity index (χ3n) is 2.12. The Balaban J connectivity index is 0.000000461. The molecule has 2 aliphatic heterocycles. The largest absolute Gasteiger partial charge is 0.302 e. The van der Waals surface area contributed by atoms with E-state index >= 15 is 0 Å². The van der Waals surface area contributed by atoms with Gasteiger partial charge in [-0.15, -0.1) is 0 Å². The molecule has 2 heterocycles. The van der Waals surface area contributed by atoms with E-state index in [4.69, 9.17) is 5.73 Å². The smallest absolute Gasteiger partial charge is 0.131 e. The molecule has 0 aromatic carbocycles. The zero-order valence-corrected chi connectivity index (χ0v) is 10.3. The molecule has 1 saturated heterocycles. The van der Waals surface area contributed by atoms with Gasteiger partial charge in [-0.2, -0.15) is 5.01 Å². The lowest BCUT2D eigenvalue weighted by molar-refractivity contribution is 0.0610. The van der Waals surface area contributed by atoms with Gasteiger partial charge < -0.3 is 5.73 Å². The third kappa shape index (κ3) is 2.00. The van der Waals surface area contributed by atoms with Gasteiger partial charge in [0.25, 0.3) is 0 Å². The summed E-state index contributed by atoms with van der Waals surface area (Å²) in [7, 11) is 1.95. The van der Waals surface area contributed by atoms with E-state index in [-0.39, 0.29) is 12.5 Å². The minimum absolute atomic E-state index is 0.112. The van der Waals surface area contributed by atoms with Crippen molar-refractivity contribution in [2.75, 3.05) is 7.05 Å². The Morgan fingerprint density at radius 3 is 2.71 bits per heavy atom. The summed E-state index contributed by atoms with van der Waals surface area (Å²) < 4.78 is 1.10. The van der Waals surface area contributed by atoms with Crippen molar-refractivity contribution in [3.05, 3.63) is 22.8 Å². The average Bonchev–Trinajstić information content (AvgIpc) is 2.50. The molecule has 0 radical (unpaired) electrons. The topological polar surface area (TPSA) is 44.5 Å². The standard InChI is InChI=1S/C7H11BrN4.C2H6/c1-11-7(9)10-6-5(8)3-2-4-12(6)11;1-2/h2-4,6-7,10H,9H2,1H3;1-2H3. The highest BCUT2D eigenvalue weighted by atomic mass is 79.9. The van der Waals surface area contributed by atoms with Crippen LogP contribution in [0.2, 0.25) is 0 Å². The SMILES string of the molecule is CC.CN1C(N)NC2C(Br)=CC=CN21. The molecule has 80 valence electrons. The first kappa shape index (κ1) is 11.7. The van der Waals surface area contributed by atoms with E-state index in [9.17, 15) is 0 Å². The molecule has 2 unspecified atom stereocenters. The normalized spacial score (nSPS) is 30.6. The number of nitrogens with one attached hydrogen (secondary N) is 1. The summed E-state index contributed by atoms with van der Waals surface area (Å²) in [5.41, 5.74) is 5.79. The quantitative estimate of drug-likeness (QED) is 0.686. The highest BCUT2D eigenvalue weighted by molar-refractivity contribution is 9.11. The van der Waals surface area contributed by atoms with Crippen LogP contribution in [0.4, 0.5) is 0 Å². The number of allylic oxidation sites excluding steroid dienone is 2. The van der Waals surface area contributed by atoms with Crippen LogP contribution in [0.3, 0.4) is 0 Å². The molecule has 2 aliphatic rings. The Kier molecular flexibility index (Phi) is 4.12. The lowest BCUT2D eigenvalue weighted by atomic mass is 10.3. The molecule has 0 bridgehead atoms. The minimum Gasteiger partial charge on any atom is -0.302 e. The van der Waals surface area contributed by atoms with Gasteiger partial charge in [0.15, 0.2) is 0 Å². The van der Waals surface area contributed by atoms with Gasteiger partial charge in [-0.3, -0.25) is 10.3 Å². The highest BCUT2D eigenvalue weighted by Crippen LogP contribution is 2.25. The molecule has 2 rings (SSSR count). The number of nitrogens with zero attached hydrogens (tertiary/aromatic N) is 2. The van der Waals surface area contributed by atoms with Crippen LogP contribution < -0.4 is 11.1 Å². The number of hydrogen-bond acceptors (Lipinski definition) is 4. The predicted molar refractivity (Wildman–Crippen MR) is 62.0 cm³/mol. The fraction of sp³-hybridized carbons (Fsp3) is 0.556. The summed E-state index contributed by atoms with van der Waals surface area (Å²) in [6.45, 7) is 4.00. The average molecular weight is 261 g/mol. The lowest BCUT2D eigenvalue weighted by Gasteiger charge is -2.29. The summed E-state index contributed by atoms with van der Waals surface area (Å²) in [6.07, 6.45) is 6.04. The first-order valence-corrected chi connectivity index (χ1v) is 5.56. The molecule has 3 N–H and O–H groups in total. The van der Waals surface area contributed by atoms with Crippen molar-refractivity contribution in [1.82, 2.24) is 15.3 Å². The van der Waals surface area contributed by atoms with E-state index in [1.54, 1.807) is 0 Å². The number of fused-ring (bicyclic) bond motifs is 1. The zero-order valence-electron chi connectivity index (χ0n) is 8.74. The van der Waals surface area contributed by atoms with Crippen LogP contribution in [-0.4, -0.2) is 29.5 Å². The molecule has 0 aliphatic carbocycles. The van der Waals surface area contributed by atoms with E-state index in [0.29, 0.717) is 0 Å². The van der Waals surface area contributed by atoms with Gasteiger partial charge in [-0.05, 0) is 12.2 Å². The monoisotopic (exact) mass is 260 g/mol. The Labute approximate surface area is 93.5 Å². The summed E-state index contributed by atoms with van der Waals surface area (Å²) >= 11 is 3.47. The maximum atomic E-state index is 5.79. The molecule has 1 fully saturated rings. The van der Waals surface area contributed by atoms with Crippen molar-refractivity contribution >= 4 is 15.9 Å². The van der Waals surface area contributed by atoms with Gasteiger partial charge in [-0.1, -0.05) is 29.8 Å². The second-order valence-corrected chi connectivity index (χ2v) is 3.78. The highest BCUT2D eigenvalue weighted by Gasteiger charge is 2.34. The fourth-order valence-electron chi connectivity index (χ4n) is 1.38. The predicted octanol–water partition coefficient (Wildman–Crippen LogP) is 1.14. The fourth-order valence-corrected chi connectivity index (χ4v) is 1.88. The van der Waals surface area contributed by atoms with Crippen molar-refractivity contribution < 1.29 is 0 Å². The van der Waals surface area contributed by atoms with E-state index < -0.39 is 0 Å². The van der Waals surface area contributed by atoms with Crippen molar-refractivity contribution in [1.29, 1.82) is 0 Å². The maximum absolute atomic E-state index is 5.79. The lowest BCUT2D eigenvalue weighted by Crippen LogP contribution is -2.43. The van der Waals surface area contributed by atoms with Gasteiger partial charge in [-0.25, -0.2) is 0 Å². The summed E-state index contributed by atoms with van der Waals surface area (Å²) in [5, 5.41) is 7.22. The van der Waals surface area contributed by atoms with Crippen molar-refractivity contribution in [3.63, 3.8) is 0 Å². The molecule has 14 heavy (non-hydrogen) atoms. The second kappa shape index (κ2) is 4.93. The molecule has 0 aromatic heterocycles. The molecule has 0 saturated carbocycles.